The highest BCUT2D eigenvalue weighted by Crippen LogP contribution is 2.34. The molecule has 4 aromatic heterocycles. The van der Waals surface area contributed by atoms with Crippen LogP contribution in [-0.2, 0) is 0 Å². The van der Waals surface area contributed by atoms with E-state index in [4.69, 9.17) is 9.47 Å². The average Bonchev–Trinajstić information content (AvgIpc) is 3.89. The summed E-state index contributed by atoms with van der Waals surface area (Å²) in [5.41, 5.74) is 3.81. The Morgan fingerprint density at radius 1 is 0.636 bits per heavy atom. The molecule has 55 heavy (non-hydrogen) atoms. The van der Waals surface area contributed by atoms with Crippen molar-refractivity contribution in [1.29, 1.82) is 0 Å². The second-order valence-corrected chi connectivity index (χ2v) is 15.1. The number of phenolic OH excluding ortho intramolecular Hbond substituents is 1. The standard InChI is InChI=1S/C22H25F2N5O.C18H19N5O2/c1-21(2)9-14(10-22(3,4)29-21)30-20-6-5-19(27-28-20)16-8-17(23)15(7-18(16)24)13-11-25-26-12-13;24-17-9-12(13-10-20-21-11-13)1-2-15(17)16-3-4-18(23-22-16)25-14-5-7-19-8-6-14/h5-8,11-12,14,29H,9-10H2,1-4H3,(H,25,26);1-4,9-11,14,19,24H,5-8H2,(H,20,21). The van der Waals surface area contributed by atoms with Crippen LogP contribution in [0, 0.1) is 11.6 Å². The molecular weight excluding hydrogens is 707 g/mol. The van der Waals surface area contributed by atoms with Crippen LogP contribution >= 0.6 is 0 Å². The number of aromatic nitrogens is 8. The lowest BCUT2D eigenvalue weighted by Crippen LogP contribution is -2.60. The smallest absolute Gasteiger partial charge is 0.233 e. The molecule has 0 radical (unpaired) electrons. The van der Waals surface area contributed by atoms with Gasteiger partial charge in [0.05, 0.1) is 23.8 Å². The third kappa shape index (κ3) is 9.30. The van der Waals surface area contributed by atoms with Crippen LogP contribution in [0.15, 0.2) is 79.4 Å². The molecule has 2 aromatic carbocycles. The Bertz CT molecular complexity index is 2160. The van der Waals surface area contributed by atoms with Gasteiger partial charge < -0.3 is 25.2 Å². The SMILES string of the molecule is CC1(C)CC(Oc2ccc(-c3cc(F)c(-c4cn[nH]c4)cc3F)nn2)CC(C)(C)N1.Oc1cc(-c2cn[nH]c2)ccc1-c1ccc(OC2CCNCC2)nn1. The minimum absolute atomic E-state index is 0.0141. The fourth-order valence-electron chi connectivity index (χ4n) is 7.32. The largest absolute Gasteiger partial charge is 0.507 e. The van der Waals surface area contributed by atoms with Crippen molar-refractivity contribution in [2.45, 2.75) is 76.7 Å². The van der Waals surface area contributed by atoms with Gasteiger partial charge in [0.15, 0.2) is 0 Å². The summed E-state index contributed by atoms with van der Waals surface area (Å²) in [6, 6.07) is 14.6. The molecule has 8 rings (SSSR count). The predicted octanol–water partition coefficient (Wildman–Crippen LogP) is 6.87. The van der Waals surface area contributed by atoms with E-state index in [9.17, 15) is 13.9 Å². The van der Waals surface area contributed by atoms with Crippen molar-refractivity contribution in [2.75, 3.05) is 13.1 Å². The Labute approximate surface area is 317 Å². The first-order chi connectivity index (χ1) is 26.4. The Kier molecular flexibility index (Phi) is 10.8. The first-order valence-corrected chi connectivity index (χ1v) is 18.2. The molecule has 5 N–H and O–H groups in total. The van der Waals surface area contributed by atoms with Gasteiger partial charge in [-0.05, 0) is 95.6 Å². The molecule has 6 aromatic rings. The van der Waals surface area contributed by atoms with Crippen LogP contribution in [0.25, 0.3) is 44.8 Å². The number of aromatic hydroxyl groups is 1. The van der Waals surface area contributed by atoms with E-state index in [0.717, 1.165) is 62.0 Å². The van der Waals surface area contributed by atoms with Gasteiger partial charge >= 0.3 is 0 Å². The van der Waals surface area contributed by atoms with Crippen LogP contribution < -0.4 is 20.1 Å². The molecule has 2 aliphatic heterocycles. The van der Waals surface area contributed by atoms with Crippen LogP contribution in [-0.4, -0.2) is 82.3 Å². The number of rotatable bonds is 8. The van der Waals surface area contributed by atoms with Gasteiger partial charge in [-0.25, -0.2) is 8.78 Å². The van der Waals surface area contributed by atoms with Crippen molar-refractivity contribution in [3.8, 4) is 62.3 Å². The molecule has 2 saturated heterocycles. The molecule has 2 fully saturated rings. The zero-order chi connectivity index (χ0) is 38.6. The number of phenols is 1. The predicted molar refractivity (Wildman–Crippen MR) is 203 cm³/mol. The van der Waals surface area contributed by atoms with Crippen molar-refractivity contribution < 1.29 is 23.4 Å². The van der Waals surface area contributed by atoms with Gasteiger partial charge in [0, 0.05) is 76.3 Å². The number of benzene rings is 2. The number of hydrogen-bond donors (Lipinski definition) is 5. The quantitative estimate of drug-likeness (QED) is 0.110. The molecule has 286 valence electrons. The number of piperidine rings is 2. The highest BCUT2D eigenvalue weighted by atomic mass is 19.1. The summed E-state index contributed by atoms with van der Waals surface area (Å²) < 4.78 is 41.1. The molecule has 2 aliphatic rings. The summed E-state index contributed by atoms with van der Waals surface area (Å²) in [6.07, 6.45) is 10.2. The van der Waals surface area contributed by atoms with E-state index >= 15 is 0 Å². The van der Waals surface area contributed by atoms with Gasteiger partial charge in [0.1, 0.15) is 29.6 Å². The maximum Gasteiger partial charge on any atom is 0.233 e. The second kappa shape index (κ2) is 15.9. The van der Waals surface area contributed by atoms with E-state index in [-0.39, 0.29) is 45.9 Å². The maximum absolute atomic E-state index is 14.6. The van der Waals surface area contributed by atoms with E-state index in [1.807, 2.05) is 18.2 Å². The zero-order valence-corrected chi connectivity index (χ0v) is 31.1. The minimum atomic E-state index is -0.586. The topological polar surface area (TPSA) is 172 Å². The van der Waals surface area contributed by atoms with E-state index in [2.05, 4.69) is 79.1 Å². The third-order valence-corrected chi connectivity index (χ3v) is 9.54. The molecule has 0 aliphatic carbocycles. The average molecular weight is 751 g/mol. The molecule has 6 heterocycles. The highest BCUT2D eigenvalue weighted by Gasteiger charge is 2.39. The summed E-state index contributed by atoms with van der Waals surface area (Å²) in [6.45, 7) is 10.5. The van der Waals surface area contributed by atoms with Gasteiger partial charge in [-0.3, -0.25) is 10.2 Å². The first kappa shape index (κ1) is 37.5. The lowest BCUT2D eigenvalue weighted by Gasteiger charge is -2.46. The van der Waals surface area contributed by atoms with E-state index < -0.39 is 11.6 Å². The van der Waals surface area contributed by atoms with Crippen LogP contribution in [0.5, 0.6) is 17.5 Å². The van der Waals surface area contributed by atoms with Gasteiger partial charge in [-0.2, -0.15) is 10.2 Å². The van der Waals surface area contributed by atoms with Crippen molar-refractivity contribution in [3.05, 3.63) is 91.0 Å². The molecule has 0 saturated carbocycles. The summed E-state index contributed by atoms with van der Waals surface area (Å²) in [7, 11) is 0. The molecule has 15 heteroatoms. The van der Waals surface area contributed by atoms with E-state index in [1.165, 1.54) is 12.4 Å². The van der Waals surface area contributed by atoms with Gasteiger partial charge in [0.25, 0.3) is 0 Å². The Morgan fingerprint density at radius 2 is 1.20 bits per heavy atom. The van der Waals surface area contributed by atoms with Gasteiger partial charge in [-0.1, -0.05) is 6.07 Å². The molecular formula is C40H44F2N10O3. The molecule has 13 nitrogen and oxygen atoms in total. The summed E-state index contributed by atoms with van der Waals surface area (Å²) in [5, 5.41) is 46.8. The van der Waals surface area contributed by atoms with Crippen molar-refractivity contribution in [3.63, 3.8) is 0 Å². The molecule has 0 amide bonds. The number of H-pyrrole nitrogens is 2. The fraction of sp³-hybridized carbons (Fsp3) is 0.350. The summed E-state index contributed by atoms with van der Waals surface area (Å²) in [5.74, 6) is -0.107. The number of halogens is 2. The van der Waals surface area contributed by atoms with Crippen molar-refractivity contribution in [2.24, 2.45) is 0 Å². The lowest BCUT2D eigenvalue weighted by atomic mass is 9.81. The van der Waals surface area contributed by atoms with Gasteiger partial charge in [-0.15, -0.1) is 20.4 Å². The lowest BCUT2D eigenvalue weighted by molar-refractivity contribution is 0.0524. The molecule has 0 atom stereocenters. The van der Waals surface area contributed by atoms with Crippen molar-refractivity contribution >= 4 is 0 Å². The van der Waals surface area contributed by atoms with Crippen LogP contribution in [0.1, 0.15) is 53.4 Å². The van der Waals surface area contributed by atoms with E-state index in [0.29, 0.717) is 28.6 Å². The Hall–Kier alpha value is -5.80. The minimum Gasteiger partial charge on any atom is -0.507 e. The number of hydrogen-bond acceptors (Lipinski definition) is 11. The molecule has 0 spiro atoms. The molecule has 0 unspecified atom stereocenters. The number of aromatic amines is 2. The van der Waals surface area contributed by atoms with Crippen LogP contribution in [0.3, 0.4) is 0 Å². The Balaban J connectivity index is 0.000000172. The highest BCUT2D eigenvalue weighted by molar-refractivity contribution is 5.73. The maximum atomic E-state index is 14.6. The Morgan fingerprint density at radius 3 is 1.76 bits per heavy atom. The van der Waals surface area contributed by atoms with Crippen LogP contribution in [0.4, 0.5) is 8.78 Å². The second-order valence-electron chi connectivity index (χ2n) is 15.1. The number of nitrogens with one attached hydrogen (secondary N) is 4. The van der Waals surface area contributed by atoms with Crippen molar-refractivity contribution in [1.82, 2.24) is 51.4 Å². The first-order valence-electron chi connectivity index (χ1n) is 18.2. The number of nitrogens with zero attached hydrogens (tertiary/aromatic N) is 6. The summed E-state index contributed by atoms with van der Waals surface area (Å²) in [4.78, 5) is 0. The summed E-state index contributed by atoms with van der Waals surface area (Å²) >= 11 is 0. The van der Waals surface area contributed by atoms with Crippen LogP contribution in [0.2, 0.25) is 0 Å². The zero-order valence-electron chi connectivity index (χ0n) is 31.1. The third-order valence-electron chi connectivity index (χ3n) is 9.54. The fourth-order valence-corrected chi connectivity index (χ4v) is 7.32. The monoisotopic (exact) mass is 750 g/mol. The molecule has 0 bridgehead atoms. The van der Waals surface area contributed by atoms with E-state index in [1.54, 1.807) is 36.7 Å². The number of ether oxygens (including phenoxy) is 2. The van der Waals surface area contributed by atoms with Gasteiger partial charge in [0.2, 0.25) is 11.8 Å². The normalized spacial score (nSPS) is 16.9.